The van der Waals surface area contributed by atoms with Crippen molar-refractivity contribution >= 4 is 25.8 Å². The van der Waals surface area contributed by atoms with Gasteiger partial charge in [0.05, 0.1) is 13.2 Å². The number of carboxylic acid groups (broad SMARTS) is 1. The van der Waals surface area contributed by atoms with Gasteiger partial charge in [0.25, 0.3) is 0 Å². The minimum Gasteiger partial charge on any atom is -0.480 e. The lowest BCUT2D eigenvalue weighted by Crippen LogP contribution is -2.53. The molecule has 1 aliphatic rings. The molecule has 1 fully saturated rings. The van der Waals surface area contributed by atoms with Gasteiger partial charge in [-0.15, -0.1) is 0 Å². The maximum Gasteiger partial charge on any atom is 0.324 e. The van der Waals surface area contributed by atoms with E-state index >= 15 is 0 Å². The van der Waals surface area contributed by atoms with E-state index in [9.17, 15) is 21.6 Å². The van der Waals surface area contributed by atoms with Crippen LogP contribution in [0.4, 0.5) is 0 Å². The summed E-state index contributed by atoms with van der Waals surface area (Å²) in [6.07, 6.45) is 0.779. The van der Waals surface area contributed by atoms with E-state index in [4.69, 9.17) is 9.84 Å². The van der Waals surface area contributed by atoms with Crippen molar-refractivity contribution in [2.24, 2.45) is 0 Å². The average molecular weight is 287 g/mol. The Kier molecular flexibility index (Phi) is 4.12. The van der Waals surface area contributed by atoms with Gasteiger partial charge >= 0.3 is 5.97 Å². The second-order valence-electron chi connectivity index (χ2n) is 3.70. The first-order chi connectivity index (χ1) is 7.63. The highest BCUT2D eigenvalue weighted by Gasteiger charge is 2.38. The fourth-order valence-electron chi connectivity index (χ4n) is 1.45. The number of sulfonamides is 1. The third kappa shape index (κ3) is 3.91. The van der Waals surface area contributed by atoms with E-state index in [1.165, 1.54) is 0 Å². The van der Waals surface area contributed by atoms with Crippen molar-refractivity contribution in [3.05, 3.63) is 0 Å². The van der Waals surface area contributed by atoms with Crippen LogP contribution < -0.4 is 0 Å². The molecule has 0 bridgehead atoms. The number of sulfone groups is 1. The van der Waals surface area contributed by atoms with Crippen LogP contribution in [0.5, 0.6) is 0 Å². The predicted molar refractivity (Wildman–Crippen MR) is 57.6 cm³/mol. The average Bonchev–Trinajstić information content (AvgIpc) is 2.14. The summed E-state index contributed by atoms with van der Waals surface area (Å²) in [6.45, 7) is -0.389. The second-order valence-corrected chi connectivity index (χ2v) is 8.12. The van der Waals surface area contributed by atoms with Gasteiger partial charge in [0.15, 0.2) is 14.9 Å². The minimum absolute atomic E-state index is 0.0484. The summed E-state index contributed by atoms with van der Waals surface area (Å²) in [7, 11) is -7.89. The second kappa shape index (κ2) is 4.88. The lowest BCUT2D eigenvalue weighted by atomic mass is 10.3. The van der Waals surface area contributed by atoms with Crippen LogP contribution in [0.15, 0.2) is 0 Å². The summed E-state index contributed by atoms with van der Waals surface area (Å²) >= 11 is 0. The maximum absolute atomic E-state index is 11.7. The van der Waals surface area contributed by atoms with Crippen LogP contribution >= 0.6 is 0 Å². The van der Waals surface area contributed by atoms with Crippen LogP contribution in [-0.2, 0) is 29.4 Å². The Balaban J connectivity index is 2.99. The van der Waals surface area contributed by atoms with E-state index in [0.29, 0.717) is 4.31 Å². The molecule has 0 aromatic heterocycles. The van der Waals surface area contributed by atoms with E-state index < -0.39 is 37.0 Å². The molecular formula is C7H13NO7S2. The van der Waals surface area contributed by atoms with Crippen molar-refractivity contribution in [2.75, 3.05) is 31.1 Å². The molecule has 1 atom stereocenters. The van der Waals surface area contributed by atoms with Gasteiger partial charge in [-0.05, 0) is 0 Å². The number of hydrogen-bond donors (Lipinski definition) is 1. The third-order valence-electron chi connectivity index (χ3n) is 2.08. The van der Waals surface area contributed by atoms with E-state index in [1.807, 2.05) is 0 Å². The Bertz CT molecular complexity index is 494. The Labute approximate surface area is 99.1 Å². The van der Waals surface area contributed by atoms with Crippen LogP contribution in [0.1, 0.15) is 0 Å². The molecule has 10 heteroatoms. The summed E-state index contributed by atoms with van der Waals surface area (Å²) in [5, 5.41) is 7.74. The molecule has 1 saturated heterocycles. The van der Waals surface area contributed by atoms with Gasteiger partial charge in [-0.1, -0.05) is 0 Å². The number of aliphatic carboxylic acids is 1. The Hall–Kier alpha value is -0.710. The number of carbonyl (C=O) groups is 1. The Morgan fingerprint density at radius 2 is 2.00 bits per heavy atom. The van der Waals surface area contributed by atoms with Crippen LogP contribution in [0.2, 0.25) is 0 Å². The molecule has 0 aliphatic carbocycles. The fraction of sp³-hybridized carbons (Fsp3) is 0.857. The molecule has 8 nitrogen and oxygen atoms in total. The molecule has 0 aromatic carbocycles. The number of ether oxygens (including phenoxy) is 1. The van der Waals surface area contributed by atoms with E-state index in [2.05, 4.69) is 0 Å². The Morgan fingerprint density at radius 1 is 1.41 bits per heavy atom. The summed E-state index contributed by atoms with van der Waals surface area (Å²) in [5.74, 6) is -1.36. The van der Waals surface area contributed by atoms with E-state index in [-0.39, 0.29) is 19.8 Å². The van der Waals surface area contributed by atoms with Gasteiger partial charge in [-0.2, -0.15) is 4.31 Å². The number of hydrogen-bond acceptors (Lipinski definition) is 6. The van der Waals surface area contributed by atoms with Crippen molar-refractivity contribution in [3.63, 3.8) is 0 Å². The zero-order valence-electron chi connectivity index (χ0n) is 9.07. The molecule has 1 N–H and O–H groups in total. The number of nitrogens with zero attached hydrogens (tertiary/aromatic N) is 1. The van der Waals surface area contributed by atoms with Crippen molar-refractivity contribution in [1.82, 2.24) is 4.31 Å². The van der Waals surface area contributed by atoms with Gasteiger partial charge in [0.2, 0.25) is 10.0 Å². The maximum atomic E-state index is 11.7. The third-order valence-corrected chi connectivity index (χ3v) is 6.14. The first kappa shape index (κ1) is 14.4. The molecule has 0 spiro atoms. The summed E-state index contributed by atoms with van der Waals surface area (Å²) < 4.78 is 51.0. The van der Waals surface area contributed by atoms with Crippen molar-refractivity contribution < 1.29 is 31.5 Å². The summed E-state index contributed by atoms with van der Waals surface area (Å²) in [6, 6.07) is -1.37. The van der Waals surface area contributed by atoms with Gasteiger partial charge in [-0.3, -0.25) is 4.79 Å². The zero-order valence-corrected chi connectivity index (χ0v) is 10.7. The topological polar surface area (TPSA) is 118 Å². The zero-order chi connectivity index (χ0) is 13.3. The molecule has 0 radical (unpaired) electrons. The fourth-order valence-corrected chi connectivity index (χ4v) is 5.05. The van der Waals surface area contributed by atoms with Crippen molar-refractivity contribution in [2.45, 2.75) is 6.04 Å². The lowest BCUT2D eigenvalue weighted by Gasteiger charge is -2.31. The lowest BCUT2D eigenvalue weighted by molar-refractivity contribution is -0.146. The van der Waals surface area contributed by atoms with Gasteiger partial charge in [0.1, 0.15) is 6.04 Å². The van der Waals surface area contributed by atoms with Gasteiger partial charge in [0, 0.05) is 12.8 Å². The smallest absolute Gasteiger partial charge is 0.324 e. The number of carboxylic acids is 1. The minimum atomic E-state index is -4.15. The highest BCUT2D eigenvalue weighted by Crippen LogP contribution is 2.14. The molecule has 0 aromatic rings. The van der Waals surface area contributed by atoms with Gasteiger partial charge < -0.3 is 9.84 Å². The highest BCUT2D eigenvalue weighted by molar-refractivity contribution is 8.06. The SMILES string of the molecule is CS(=O)(=O)CS(=O)(=O)N1CCOCC1C(=O)O. The largest absolute Gasteiger partial charge is 0.480 e. The number of morpholine rings is 1. The summed E-state index contributed by atoms with van der Waals surface area (Å²) in [5.41, 5.74) is 0. The standard InChI is InChI=1S/C7H13NO7S2/c1-16(11,12)5-17(13,14)8-2-3-15-4-6(8)7(9)10/h6H,2-5H2,1H3,(H,9,10). The molecule has 100 valence electrons. The van der Waals surface area contributed by atoms with E-state index in [1.54, 1.807) is 0 Å². The molecule has 1 heterocycles. The summed E-state index contributed by atoms with van der Waals surface area (Å²) in [4.78, 5) is 10.8. The quantitative estimate of drug-likeness (QED) is 0.641. The van der Waals surface area contributed by atoms with Crippen molar-refractivity contribution in [3.8, 4) is 0 Å². The van der Waals surface area contributed by atoms with Crippen molar-refractivity contribution in [1.29, 1.82) is 0 Å². The van der Waals surface area contributed by atoms with Crippen LogP contribution in [-0.4, -0.2) is 69.4 Å². The highest BCUT2D eigenvalue weighted by atomic mass is 32.3. The van der Waals surface area contributed by atoms with Crippen LogP contribution in [0.25, 0.3) is 0 Å². The first-order valence-corrected chi connectivity index (χ1v) is 8.28. The van der Waals surface area contributed by atoms with Crippen LogP contribution in [0.3, 0.4) is 0 Å². The molecular weight excluding hydrogens is 274 g/mol. The molecule has 17 heavy (non-hydrogen) atoms. The van der Waals surface area contributed by atoms with E-state index in [0.717, 1.165) is 6.26 Å². The predicted octanol–water partition coefficient (Wildman–Crippen LogP) is -1.90. The molecule has 1 unspecified atom stereocenters. The molecule has 1 aliphatic heterocycles. The first-order valence-electron chi connectivity index (χ1n) is 4.61. The molecule has 0 saturated carbocycles. The van der Waals surface area contributed by atoms with Crippen LogP contribution in [0, 0.1) is 0 Å². The Morgan fingerprint density at radius 3 is 2.47 bits per heavy atom. The number of rotatable bonds is 4. The monoisotopic (exact) mass is 287 g/mol. The normalized spacial score (nSPS) is 23.5. The van der Waals surface area contributed by atoms with Gasteiger partial charge in [-0.25, -0.2) is 16.8 Å². The molecule has 0 amide bonds. The molecule has 1 rings (SSSR count).